The third kappa shape index (κ3) is 5.47. The van der Waals surface area contributed by atoms with Gasteiger partial charge in [0.25, 0.3) is 0 Å². The average molecular weight is 381 g/mol. The number of urea groups is 1. The van der Waals surface area contributed by atoms with Gasteiger partial charge in [-0.1, -0.05) is 12.1 Å². The molecule has 1 fully saturated rings. The lowest BCUT2D eigenvalue weighted by Crippen LogP contribution is -2.30. The van der Waals surface area contributed by atoms with E-state index in [0.717, 1.165) is 37.8 Å². The molecule has 2 amide bonds. The Kier molecular flexibility index (Phi) is 5.63. The first kappa shape index (κ1) is 18.7. The molecule has 2 N–H and O–H groups in total. The minimum absolute atomic E-state index is 0.0375. The minimum atomic E-state index is -4.85. The summed E-state index contributed by atoms with van der Waals surface area (Å²) in [5, 5.41) is 4.86. The lowest BCUT2D eigenvalue weighted by Gasteiger charge is -2.16. The zero-order valence-corrected chi connectivity index (χ0v) is 14.3. The van der Waals surface area contributed by atoms with Gasteiger partial charge in [-0.3, -0.25) is 0 Å². The maximum Gasteiger partial charge on any atom is 0.573 e. The Labute approximate surface area is 153 Å². The molecule has 0 atom stereocenters. The van der Waals surface area contributed by atoms with E-state index < -0.39 is 18.1 Å². The summed E-state index contributed by atoms with van der Waals surface area (Å²) in [6, 6.07) is 6.41. The molecular weight excluding hydrogens is 363 g/mol. The number of rotatable bonds is 5. The van der Waals surface area contributed by atoms with E-state index in [4.69, 9.17) is 0 Å². The maximum atomic E-state index is 12.4. The summed E-state index contributed by atoms with van der Waals surface area (Å²) in [5.74, 6) is 0.713. The van der Waals surface area contributed by atoms with Crippen LogP contribution in [0.3, 0.4) is 0 Å². The lowest BCUT2D eigenvalue weighted by molar-refractivity contribution is -0.274. The van der Waals surface area contributed by atoms with E-state index in [-0.39, 0.29) is 12.2 Å². The number of nitrogens with one attached hydrogen (secondary N) is 2. The molecule has 3 rings (SSSR count). The predicted molar refractivity (Wildman–Crippen MR) is 92.5 cm³/mol. The van der Waals surface area contributed by atoms with Crippen LogP contribution in [0, 0.1) is 0 Å². The summed E-state index contributed by atoms with van der Waals surface area (Å²) in [4.78, 5) is 22.7. The zero-order valence-electron chi connectivity index (χ0n) is 14.3. The predicted octanol–water partition coefficient (Wildman–Crippen LogP) is 3.30. The number of carbonyl (C=O) groups is 1. The normalized spacial score (nSPS) is 14.1. The van der Waals surface area contributed by atoms with Crippen molar-refractivity contribution in [3.63, 3.8) is 0 Å². The number of aromatic nitrogens is 2. The van der Waals surface area contributed by atoms with Gasteiger partial charge in [0.15, 0.2) is 5.75 Å². The second kappa shape index (κ2) is 8.11. The van der Waals surface area contributed by atoms with Gasteiger partial charge in [-0.25, -0.2) is 14.8 Å². The highest BCUT2D eigenvalue weighted by Gasteiger charge is 2.32. The van der Waals surface area contributed by atoms with Crippen molar-refractivity contribution < 1.29 is 22.7 Å². The fraction of sp³-hybridized carbons (Fsp3) is 0.353. The van der Waals surface area contributed by atoms with E-state index in [1.54, 1.807) is 12.3 Å². The smallest absolute Gasteiger partial charge is 0.404 e. The summed E-state index contributed by atoms with van der Waals surface area (Å²) >= 11 is 0. The summed E-state index contributed by atoms with van der Waals surface area (Å²) in [5.41, 5.74) is -0.0981. The van der Waals surface area contributed by atoms with Crippen LogP contribution in [-0.2, 0) is 6.54 Å². The summed E-state index contributed by atoms with van der Waals surface area (Å²) in [6.45, 7) is 1.90. The number of nitrogens with zero attached hydrogens (tertiary/aromatic N) is 3. The van der Waals surface area contributed by atoms with Gasteiger partial charge >= 0.3 is 12.4 Å². The Balaban J connectivity index is 1.58. The second-order valence-corrected chi connectivity index (χ2v) is 5.88. The minimum Gasteiger partial charge on any atom is -0.404 e. The van der Waals surface area contributed by atoms with Crippen LogP contribution in [0.4, 0.5) is 29.5 Å². The van der Waals surface area contributed by atoms with Crippen molar-refractivity contribution in [3.05, 3.63) is 42.4 Å². The Morgan fingerprint density at radius 3 is 2.67 bits per heavy atom. The molecule has 2 heterocycles. The van der Waals surface area contributed by atoms with Gasteiger partial charge < -0.3 is 20.3 Å². The second-order valence-electron chi connectivity index (χ2n) is 5.88. The third-order valence-electron chi connectivity index (χ3n) is 3.89. The molecule has 1 aliphatic heterocycles. The molecule has 0 bridgehead atoms. The van der Waals surface area contributed by atoms with Crippen LogP contribution < -0.4 is 20.3 Å². The molecule has 10 heteroatoms. The quantitative estimate of drug-likeness (QED) is 0.831. The molecular formula is C17H18F3N5O2. The van der Waals surface area contributed by atoms with Crippen molar-refractivity contribution in [2.45, 2.75) is 25.7 Å². The molecule has 0 saturated carbocycles. The van der Waals surface area contributed by atoms with Crippen LogP contribution in [0.1, 0.15) is 18.7 Å². The molecule has 144 valence electrons. The molecule has 0 aliphatic carbocycles. The number of anilines is 2. The van der Waals surface area contributed by atoms with E-state index in [0.29, 0.717) is 5.82 Å². The number of amides is 2. The number of hydrogen-bond donors (Lipinski definition) is 2. The van der Waals surface area contributed by atoms with Gasteiger partial charge in [-0.15, -0.1) is 13.2 Å². The largest absolute Gasteiger partial charge is 0.573 e. The lowest BCUT2D eigenvalue weighted by atomic mass is 10.3. The van der Waals surface area contributed by atoms with Crippen molar-refractivity contribution in [3.8, 4) is 5.75 Å². The van der Waals surface area contributed by atoms with Crippen molar-refractivity contribution in [1.29, 1.82) is 0 Å². The highest BCUT2D eigenvalue weighted by Crippen LogP contribution is 2.29. The molecule has 1 aliphatic rings. The molecule has 1 aromatic carbocycles. The number of ether oxygens (including phenoxy) is 1. The van der Waals surface area contributed by atoms with Gasteiger partial charge in [-0.2, -0.15) is 0 Å². The topological polar surface area (TPSA) is 79.4 Å². The standard InChI is InChI=1S/C17H18F3N5O2/c18-17(19,20)27-13-6-2-1-5-12(13)23-16(26)22-11-14-21-8-7-15(24-14)25-9-3-4-10-25/h1-2,5-8H,3-4,9-11H2,(H2,22,23,26). The molecule has 1 aromatic heterocycles. The maximum absolute atomic E-state index is 12.4. The van der Waals surface area contributed by atoms with Gasteiger partial charge in [-0.05, 0) is 31.0 Å². The van der Waals surface area contributed by atoms with Crippen LogP contribution in [0.5, 0.6) is 5.75 Å². The van der Waals surface area contributed by atoms with Gasteiger partial charge in [0.1, 0.15) is 11.6 Å². The van der Waals surface area contributed by atoms with Crippen LogP contribution in [0.25, 0.3) is 0 Å². The van der Waals surface area contributed by atoms with E-state index in [1.165, 1.54) is 18.2 Å². The van der Waals surface area contributed by atoms with Crippen LogP contribution in [0.2, 0.25) is 0 Å². The van der Waals surface area contributed by atoms with E-state index in [9.17, 15) is 18.0 Å². The third-order valence-corrected chi connectivity index (χ3v) is 3.89. The highest BCUT2D eigenvalue weighted by molar-refractivity contribution is 5.90. The first-order valence-corrected chi connectivity index (χ1v) is 8.37. The van der Waals surface area contributed by atoms with E-state index in [1.807, 2.05) is 0 Å². The molecule has 0 unspecified atom stereocenters. The Morgan fingerprint density at radius 1 is 1.19 bits per heavy atom. The summed E-state index contributed by atoms with van der Waals surface area (Å²) in [7, 11) is 0. The molecule has 27 heavy (non-hydrogen) atoms. The SMILES string of the molecule is O=C(NCc1nccc(N2CCCC2)n1)Nc1ccccc1OC(F)(F)F. The van der Waals surface area contributed by atoms with Gasteiger partial charge in [0, 0.05) is 19.3 Å². The Hall–Kier alpha value is -3.04. The van der Waals surface area contributed by atoms with Gasteiger partial charge in [0.05, 0.1) is 12.2 Å². The molecule has 0 spiro atoms. The number of alkyl halides is 3. The van der Waals surface area contributed by atoms with Crippen LogP contribution >= 0.6 is 0 Å². The Bertz CT molecular complexity index is 794. The monoisotopic (exact) mass is 381 g/mol. The first-order chi connectivity index (χ1) is 12.9. The van der Waals surface area contributed by atoms with E-state index >= 15 is 0 Å². The van der Waals surface area contributed by atoms with Crippen molar-refractivity contribution in [1.82, 2.24) is 15.3 Å². The average Bonchev–Trinajstić information content (AvgIpc) is 3.15. The van der Waals surface area contributed by atoms with Crippen LogP contribution in [-0.4, -0.2) is 35.5 Å². The van der Waals surface area contributed by atoms with Crippen LogP contribution in [0.15, 0.2) is 36.5 Å². The highest BCUT2D eigenvalue weighted by atomic mass is 19.4. The fourth-order valence-electron chi connectivity index (χ4n) is 2.71. The van der Waals surface area contributed by atoms with Crippen molar-refractivity contribution in [2.75, 3.05) is 23.3 Å². The first-order valence-electron chi connectivity index (χ1n) is 8.37. The number of carbonyl (C=O) groups excluding carboxylic acids is 1. The molecule has 0 radical (unpaired) electrons. The van der Waals surface area contributed by atoms with Gasteiger partial charge in [0.2, 0.25) is 0 Å². The molecule has 2 aromatic rings. The molecule has 1 saturated heterocycles. The summed E-state index contributed by atoms with van der Waals surface area (Å²) < 4.78 is 41.2. The number of benzene rings is 1. The number of para-hydroxylation sites is 2. The number of halogens is 3. The van der Waals surface area contributed by atoms with Crippen molar-refractivity contribution >= 4 is 17.5 Å². The van der Waals surface area contributed by atoms with Crippen molar-refractivity contribution in [2.24, 2.45) is 0 Å². The Morgan fingerprint density at radius 2 is 1.93 bits per heavy atom. The summed E-state index contributed by atoms with van der Waals surface area (Å²) in [6.07, 6.45) is -1.01. The van der Waals surface area contributed by atoms with E-state index in [2.05, 4.69) is 30.2 Å². The number of hydrogen-bond acceptors (Lipinski definition) is 5. The molecule has 7 nitrogen and oxygen atoms in total. The zero-order chi connectivity index (χ0) is 19.3. The fourth-order valence-corrected chi connectivity index (χ4v) is 2.71.